The molecule has 4 rings (SSSR count). The minimum atomic E-state index is 0.324. The quantitative estimate of drug-likeness (QED) is 0.555. The van der Waals surface area contributed by atoms with Crippen LogP contribution < -0.4 is 4.74 Å². The summed E-state index contributed by atoms with van der Waals surface area (Å²) in [5.41, 5.74) is 6.22. The van der Waals surface area contributed by atoms with Gasteiger partial charge in [-0.2, -0.15) is 5.26 Å². The molecule has 27 heavy (non-hydrogen) atoms. The van der Waals surface area contributed by atoms with Crippen molar-refractivity contribution >= 4 is 10.9 Å². The van der Waals surface area contributed by atoms with Crippen LogP contribution >= 0.6 is 0 Å². The maximum Gasteiger partial charge on any atom is 0.120 e. The lowest BCUT2D eigenvalue weighted by atomic mass is 10.0. The van der Waals surface area contributed by atoms with Gasteiger partial charge in [-0.3, -0.25) is 4.98 Å². The van der Waals surface area contributed by atoms with E-state index in [0.717, 1.165) is 39.3 Å². The molecule has 0 fully saturated rings. The van der Waals surface area contributed by atoms with E-state index in [0.29, 0.717) is 12.8 Å². The molecule has 2 aromatic heterocycles. The third-order valence-electron chi connectivity index (χ3n) is 4.66. The summed E-state index contributed by atoms with van der Waals surface area (Å²) in [7, 11) is 1.67. The number of nitriles is 1. The van der Waals surface area contributed by atoms with Crippen molar-refractivity contribution in [1.82, 2.24) is 9.97 Å². The van der Waals surface area contributed by atoms with Crippen LogP contribution in [0.25, 0.3) is 22.2 Å². The first-order valence-corrected chi connectivity index (χ1v) is 8.84. The Hall–Kier alpha value is -3.58. The van der Waals surface area contributed by atoms with Crippen molar-refractivity contribution in [2.24, 2.45) is 0 Å². The smallest absolute Gasteiger partial charge is 0.120 e. The molecule has 0 radical (unpaired) electrons. The molecule has 132 valence electrons. The van der Waals surface area contributed by atoms with Gasteiger partial charge >= 0.3 is 0 Å². The van der Waals surface area contributed by atoms with Crippen molar-refractivity contribution in [3.63, 3.8) is 0 Å². The minimum absolute atomic E-state index is 0.324. The lowest BCUT2D eigenvalue weighted by Crippen LogP contribution is -1.97. The highest BCUT2D eigenvalue weighted by molar-refractivity contribution is 5.92. The highest BCUT2D eigenvalue weighted by Gasteiger charge is 2.15. The number of nitrogens with one attached hydrogen (secondary N) is 1. The van der Waals surface area contributed by atoms with Crippen molar-refractivity contribution in [2.75, 3.05) is 7.11 Å². The zero-order chi connectivity index (χ0) is 18.6. The number of pyridine rings is 1. The summed E-state index contributed by atoms with van der Waals surface area (Å²) in [5, 5.41) is 10.1. The van der Waals surface area contributed by atoms with E-state index >= 15 is 0 Å². The third-order valence-corrected chi connectivity index (χ3v) is 4.66. The fraction of sp³-hybridized carbons (Fsp3) is 0.130. The molecule has 0 spiro atoms. The van der Waals surface area contributed by atoms with E-state index < -0.39 is 0 Å². The van der Waals surface area contributed by atoms with Gasteiger partial charge in [0.15, 0.2) is 0 Å². The first kappa shape index (κ1) is 16.9. The summed E-state index contributed by atoms with van der Waals surface area (Å²) in [6.45, 7) is 0. The summed E-state index contributed by atoms with van der Waals surface area (Å²) in [6.07, 6.45) is 1.01. The number of hydrogen-bond donors (Lipinski definition) is 1. The van der Waals surface area contributed by atoms with Crippen LogP contribution in [0.1, 0.15) is 17.0 Å². The summed E-state index contributed by atoms with van der Waals surface area (Å²) in [5.74, 6) is 0.823. The maximum atomic E-state index is 8.94. The van der Waals surface area contributed by atoms with Crippen LogP contribution in [0, 0.1) is 11.3 Å². The number of rotatable bonds is 5. The zero-order valence-electron chi connectivity index (χ0n) is 15.1. The Bertz CT molecular complexity index is 1120. The Morgan fingerprint density at radius 1 is 1.00 bits per heavy atom. The second-order valence-corrected chi connectivity index (χ2v) is 6.39. The Morgan fingerprint density at radius 3 is 2.59 bits per heavy atom. The molecular formula is C23H19N3O. The predicted octanol–water partition coefficient (Wildman–Crippen LogP) is 4.90. The largest absolute Gasteiger partial charge is 0.497 e. The number of aromatic amines is 1. The van der Waals surface area contributed by atoms with Crippen molar-refractivity contribution < 1.29 is 4.74 Å². The van der Waals surface area contributed by atoms with Crippen LogP contribution in [0.15, 0.2) is 66.7 Å². The SMILES string of the molecule is COc1ccc2c(Cc3cccc(CC#N)n3)c(-c3ccccc3)[nH]c2c1. The number of ether oxygens (including phenoxy) is 1. The van der Waals surface area contributed by atoms with E-state index in [9.17, 15) is 0 Å². The van der Waals surface area contributed by atoms with Crippen LogP contribution in [0.3, 0.4) is 0 Å². The van der Waals surface area contributed by atoms with Gasteiger partial charge in [0.25, 0.3) is 0 Å². The normalized spacial score (nSPS) is 10.7. The molecule has 0 atom stereocenters. The number of hydrogen-bond acceptors (Lipinski definition) is 3. The van der Waals surface area contributed by atoms with E-state index in [1.54, 1.807) is 7.11 Å². The molecule has 0 unspecified atom stereocenters. The first-order chi connectivity index (χ1) is 13.3. The minimum Gasteiger partial charge on any atom is -0.497 e. The number of nitrogens with zero attached hydrogens (tertiary/aromatic N) is 2. The van der Waals surface area contributed by atoms with Crippen LogP contribution in [0.2, 0.25) is 0 Å². The van der Waals surface area contributed by atoms with Crippen LogP contribution in [-0.2, 0) is 12.8 Å². The van der Waals surface area contributed by atoms with Crippen molar-refractivity contribution in [1.29, 1.82) is 5.26 Å². The summed E-state index contributed by atoms with van der Waals surface area (Å²) in [4.78, 5) is 8.21. The number of methoxy groups -OCH3 is 1. The second kappa shape index (κ2) is 7.35. The molecule has 1 N–H and O–H groups in total. The molecular weight excluding hydrogens is 334 g/mol. The number of benzene rings is 2. The van der Waals surface area contributed by atoms with E-state index in [1.807, 2.05) is 48.5 Å². The summed E-state index contributed by atoms with van der Waals surface area (Å²) < 4.78 is 5.38. The van der Waals surface area contributed by atoms with Gasteiger partial charge in [0, 0.05) is 29.1 Å². The van der Waals surface area contributed by atoms with Gasteiger partial charge in [0.05, 0.1) is 31.0 Å². The molecule has 0 bridgehead atoms. The molecule has 4 aromatic rings. The Balaban J connectivity index is 1.85. The maximum absolute atomic E-state index is 8.94. The molecule has 2 aromatic carbocycles. The predicted molar refractivity (Wildman–Crippen MR) is 107 cm³/mol. The Kier molecular flexibility index (Phi) is 4.59. The lowest BCUT2D eigenvalue weighted by molar-refractivity contribution is 0.415. The molecule has 0 aliphatic carbocycles. The fourth-order valence-electron chi connectivity index (χ4n) is 3.38. The molecule has 0 saturated heterocycles. The average molecular weight is 353 g/mol. The third kappa shape index (κ3) is 3.40. The molecule has 2 heterocycles. The monoisotopic (exact) mass is 353 g/mol. The van der Waals surface area contributed by atoms with E-state index in [2.05, 4.69) is 34.2 Å². The highest BCUT2D eigenvalue weighted by atomic mass is 16.5. The fourth-order valence-corrected chi connectivity index (χ4v) is 3.38. The standard InChI is InChI=1S/C23H19N3O/c1-27-19-10-11-20-21(14-18-9-5-8-17(25-18)12-13-24)23(26-22(20)15-19)16-6-3-2-4-7-16/h2-11,15,26H,12,14H2,1H3. The molecule has 0 aliphatic heterocycles. The molecule has 0 amide bonds. The molecule has 0 aliphatic rings. The summed E-state index contributed by atoms with van der Waals surface area (Å²) in [6, 6.07) is 24.4. The molecule has 4 heteroatoms. The van der Waals surface area contributed by atoms with Crippen molar-refractivity contribution in [3.8, 4) is 23.1 Å². The van der Waals surface area contributed by atoms with Crippen LogP contribution in [0.5, 0.6) is 5.75 Å². The zero-order valence-corrected chi connectivity index (χ0v) is 15.1. The Labute approximate surface area is 158 Å². The average Bonchev–Trinajstić information content (AvgIpc) is 3.07. The number of fused-ring (bicyclic) bond motifs is 1. The van der Waals surface area contributed by atoms with Gasteiger partial charge in [-0.1, -0.05) is 36.4 Å². The van der Waals surface area contributed by atoms with Gasteiger partial charge in [-0.25, -0.2) is 0 Å². The van der Waals surface area contributed by atoms with Crippen molar-refractivity contribution in [2.45, 2.75) is 12.8 Å². The topological polar surface area (TPSA) is 61.7 Å². The first-order valence-electron chi connectivity index (χ1n) is 8.84. The van der Waals surface area contributed by atoms with Gasteiger partial charge in [0.2, 0.25) is 0 Å². The number of H-pyrrole nitrogens is 1. The van der Waals surface area contributed by atoms with Crippen molar-refractivity contribution in [3.05, 3.63) is 83.7 Å². The lowest BCUT2D eigenvalue weighted by Gasteiger charge is -2.06. The number of aromatic nitrogens is 2. The van der Waals surface area contributed by atoms with Gasteiger partial charge in [0.1, 0.15) is 5.75 Å². The van der Waals surface area contributed by atoms with E-state index in [-0.39, 0.29) is 0 Å². The van der Waals surface area contributed by atoms with Crippen LogP contribution in [0.4, 0.5) is 0 Å². The Morgan fingerprint density at radius 2 is 1.81 bits per heavy atom. The molecule has 4 nitrogen and oxygen atoms in total. The molecule has 0 saturated carbocycles. The highest BCUT2D eigenvalue weighted by Crippen LogP contribution is 2.33. The van der Waals surface area contributed by atoms with E-state index in [1.165, 1.54) is 5.56 Å². The van der Waals surface area contributed by atoms with Gasteiger partial charge in [-0.15, -0.1) is 0 Å². The van der Waals surface area contributed by atoms with Gasteiger partial charge < -0.3 is 9.72 Å². The van der Waals surface area contributed by atoms with Gasteiger partial charge in [-0.05, 0) is 35.4 Å². The van der Waals surface area contributed by atoms with Crippen LogP contribution in [-0.4, -0.2) is 17.1 Å². The summed E-state index contributed by atoms with van der Waals surface area (Å²) >= 11 is 0. The van der Waals surface area contributed by atoms with E-state index in [4.69, 9.17) is 10.00 Å². The second-order valence-electron chi connectivity index (χ2n) is 6.39.